The number of amides is 3. The third kappa shape index (κ3) is 5.43. The summed E-state index contributed by atoms with van der Waals surface area (Å²) in [6, 6.07) is 5.18. The lowest BCUT2D eigenvalue weighted by atomic mass is 10.2. The predicted octanol–water partition coefficient (Wildman–Crippen LogP) is 1.23. The Balaban J connectivity index is 2.55. The van der Waals surface area contributed by atoms with E-state index >= 15 is 0 Å². The molecule has 0 aliphatic carbocycles. The fourth-order valence-corrected chi connectivity index (χ4v) is 1.31. The molecule has 0 aliphatic heterocycles. The minimum absolute atomic E-state index is 0.219. The molecule has 0 saturated carbocycles. The maximum atomic E-state index is 13.3. The SMILES string of the molecule is CNC(=O)NC(=O)[C@@H](C)OC(=O)/C=C/c1ccccc1F. The third-order valence-corrected chi connectivity index (χ3v) is 2.43. The highest BCUT2D eigenvalue weighted by Crippen LogP contribution is 2.08. The number of imide groups is 1. The summed E-state index contributed by atoms with van der Waals surface area (Å²) < 4.78 is 18.1. The molecule has 0 spiro atoms. The number of nitrogens with one attached hydrogen (secondary N) is 2. The van der Waals surface area contributed by atoms with Gasteiger partial charge in [0.2, 0.25) is 0 Å². The summed E-state index contributed by atoms with van der Waals surface area (Å²) in [5.74, 6) is -2.06. The van der Waals surface area contributed by atoms with Crippen LogP contribution < -0.4 is 10.6 Å². The van der Waals surface area contributed by atoms with E-state index in [1.54, 1.807) is 6.07 Å². The van der Waals surface area contributed by atoms with Gasteiger partial charge in [0.25, 0.3) is 5.91 Å². The maximum absolute atomic E-state index is 13.3. The van der Waals surface area contributed by atoms with E-state index in [2.05, 4.69) is 5.32 Å². The Bertz CT molecular complexity index is 572. The summed E-state index contributed by atoms with van der Waals surface area (Å²) >= 11 is 0. The first-order valence-electron chi connectivity index (χ1n) is 6.10. The summed E-state index contributed by atoms with van der Waals surface area (Å²) in [6.45, 7) is 1.31. The maximum Gasteiger partial charge on any atom is 0.331 e. The van der Waals surface area contributed by atoms with E-state index in [1.807, 2.05) is 5.32 Å². The smallest absolute Gasteiger partial charge is 0.331 e. The highest BCUT2D eigenvalue weighted by atomic mass is 19.1. The number of hydrogen-bond donors (Lipinski definition) is 2. The van der Waals surface area contributed by atoms with Crippen LogP contribution in [-0.4, -0.2) is 31.1 Å². The third-order valence-electron chi connectivity index (χ3n) is 2.43. The Labute approximate surface area is 121 Å². The van der Waals surface area contributed by atoms with Gasteiger partial charge in [-0.15, -0.1) is 0 Å². The van der Waals surface area contributed by atoms with Crippen LogP contribution in [0.4, 0.5) is 9.18 Å². The highest BCUT2D eigenvalue weighted by Gasteiger charge is 2.18. The molecule has 1 aromatic carbocycles. The summed E-state index contributed by atoms with van der Waals surface area (Å²) in [7, 11) is 1.34. The fraction of sp³-hybridized carbons (Fsp3) is 0.214. The van der Waals surface area contributed by atoms with Gasteiger partial charge in [-0.1, -0.05) is 18.2 Å². The number of ether oxygens (including phenoxy) is 1. The molecule has 21 heavy (non-hydrogen) atoms. The van der Waals surface area contributed by atoms with E-state index in [1.165, 1.54) is 38.2 Å². The van der Waals surface area contributed by atoms with Crippen LogP contribution in [-0.2, 0) is 14.3 Å². The topological polar surface area (TPSA) is 84.5 Å². The van der Waals surface area contributed by atoms with Gasteiger partial charge >= 0.3 is 12.0 Å². The molecule has 0 aliphatic rings. The zero-order chi connectivity index (χ0) is 15.8. The number of rotatable bonds is 4. The molecule has 0 aromatic heterocycles. The van der Waals surface area contributed by atoms with Crippen LogP contribution in [0.25, 0.3) is 6.08 Å². The van der Waals surface area contributed by atoms with Crippen LogP contribution >= 0.6 is 0 Å². The molecule has 0 fully saturated rings. The predicted molar refractivity (Wildman–Crippen MR) is 73.6 cm³/mol. The van der Waals surface area contributed by atoms with E-state index in [9.17, 15) is 18.8 Å². The lowest BCUT2D eigenvalue weighted by Gasteiger charge is -2.11. The van der Waals surface area contributed by atoms with Gasteiger partial charge in [-0.25, -0.2) is 14.0 Å². The molecule has 1 atom stereocenters. The van der Waals surface area contributed by atoms with E-state index < -0.39 is 29.8 Å². The molecule has 1 aromatic rings. The minimum Gasteiger partial charge on any atom is -0.449 e. The number of halogens is 1. The zero-order valence-corrected chi connectivity index (χ0v) is 11.6. The van der Waals surface area contributed by atoms with Gasteiger partial charge in [-0.05, 0) is 19.1 Å². The Morgan fingerprint density at radius 2 is 1.95 bits per heavy atom. The summed E-state index contributed by atoms with van der Waals surface area (Å²) in [6.07, 6.45) is 1.09. The second kappa shape index (κ2) is 7.78. The van der Waals surface area contributed by atoms with Crippen molar-refractivity contribution in [2.45, 2.75) is 13.0 Å². The fourth-order valence-electron chi connectivity index (χ4n) is 1.31. The van der Waals surface area contributed by atoms with Gasteiger partial charge in [0, 0.05) is 18.7 Å². The molecule has 3 amide bonds. The van der Waals surface area contributed by atoms with Crippen molar-refractivity contribution in [3.63, 3.8) is 0 Å². The average molecular weight is 294 g/mol. The number of esters is 1. The quantitative estimate of drug-likeness (QED) is 0.646. The number of urea groups is 1. The standard InChI is InChI=1S/C14H15FN2O4/c1-9(13(19)17-14(20)16-2)21-12(18)8-7-10-5-3-4-6-11(10)15/h3-9H,1-2H3,(H2,16,17,19,20)/b8-7+/t9-/m1/s1. The van der Waals surface area contributed by atoms with Crippen molar-refractivity contribution < 1.29 is 23.5 Å². The average Bonchev–Trinajstić information content (AvgIpc) is 2.46. The van der Waals surface area contributed by atoms with Crippen LogP contribution in [0, 0.1) is 5.82 Å². The van der Waals surface area contributed by atoms with Crippen molar-refractivity contribution in [1.82, 2.24) is 10.6 Å². The highest BCUT2D eigenvalue weighted by molar-refractivity contribution is 5.97. The molecular formula is C14H15FN2O4. The normalized spacial score (nSPS) is 11.8. The van der Waals surface area contributed by atoms with E-state index in [0.29, 0.717) is 0 Å². The Kier molecular flexibility index (Phi) is 6.06. The first-order chi connectivity index (χ1) is 9.93. The largest absolute Gasteiger partial charge is 0.449 e. The number of carbonyl (C=O) groups excluding carboxylic acids is 3. The van der Waals surface area contributed by atoms with Crippen molar-refractivity contribution in [2.24, 2.45) is 0 Å². The van der Waals surface area contributed by atoms with Crippen LogP contribution in [0.15, 0.2) is 30.3 Å². The minimum atomic E-state index is -1.15. The van der Waals surface area contributed by atoms with E-state index in [0.717, 1.165) is 6.08 Å². The molecule has 0 saturated heterocycles. The number of carbonyl (C=O) groups is 3. The molecule has 6 nitrogen and oxygen atoms in total. The second-order valence-corrected chi connectivity index (χ2v) is 4.00. The van der Waals surface area contributed by atoms with Gasteiger partial charge < -0.3 is 10.1 Å². The molecule has 0 heterocycles. The van der Waals surface area contributed by atoms with Crippen molar-refractivity contribution in [3.8, 4) is 0 Å². The lowest BCUT2D eigenvalue weighted by molar-refractivity contribution is -0.149. The van der Waals surface area contributed by atoms with Crippen molar-refractivity contribution in [3.05, 3.63) is 41.7 Å². The number of benzene rings is 1. The second-order valence-electron chi connectivity index (χ2n) is 4.00. The van der Waals surface area contributed by atoms with Gasteiger partial charge in [0.15, 0.2) is 6.10 Å². The number of hydrogen-bond acceptors (Lipinski definition) is 4. The van der Waals surface area contributed by atoms with Gasteiger partial charge in [0.1, 0.15) is 5.82 Å². The molecule has 112 valence electrons. The van der Waals surface area contributed by atoms with Crippen LogP contribution in [0.5, 0.6) is 0 Å². The van der Waals surface area contributed by atoms with Gasteiger partial charge in [-0.3, -0.25) is 10.1 Å². The Morgan fingerprint density at radius 1 is 1.29 bits per heavy atom. The molecule has 7 heteroatoms. The van der Waals surface area contributed by atoms with Gasteiger partial charge in [-0.2, -0.15) is 0 Å². The Morgan fingerprint density at radius 3 is 2.57 bits per heavy atom. The van der Waals surface area contributed by atoms with Gasteiger partial charge in [0.05, 0.1) is 0 Å². The van der Waals surface area contributed by atoms with E-state index in [4.69, 9.17) is 4.74 Å². The summed E-state index contributed by atoms with van der Waals surface area (Å²) in [4.78, 5) is 33.9. The van der Waals surface area contributed by atoms with E-state index in [-0.39, 0.29) is 5.56 Å². The Hall–Kier alpha value is -2.70. The molecule has 1 rings (SSSR count). The first kappa shape index (κ1) is 16.4. The zero-order valence-electron chi connectivity index (χ0n) is 11.6. The molecule has 0 unspecified atom stereocenters. The summed E-state index contributed by atoms with van der Waals surface area (Å²) in [5.41, 5.74) is 0.219. The monoisotopic (exact) mass is 294 g/mol. The van der Waals surface area contributed by atoms with Crippen molar-refractivity contribution in [1.29, 1.82) is 0 Å². The van der Waals surface area contributed by atoms with Crippen LogP contribution in [0.3, 0.4) is 0 Å². The van der Waals surface area contributed by atoms with Crippen LogP contribution in [0.2, 0.25) is 0 Å². The van der Waals surface area contributed by atoms with Crippen molar-refractivity contribution >= 4 is 24.0 Å². The molecule has 0 radical (unpaired) electrons. The van der Waals surface area contributed by atoms with Crippen LogP contribution in [0.1, 0.15) is 12.5 Å². The van der Waals surface area contributed by atoms with Crippen molar-refractivity contribution in [2.75, 3.05) is 7.05 Å². The summed E-state index contributed by atoms with van der Waals surface area (Å²) in [5, 5.41) is 4.16. The first-order valence-corrected chi connectivity index (χ1v) is 6.10. The lowest BCUT2D eigenvalue weighted by Crippen LogP contribution is -2.43. The molecular weight excluding hydrogens is 279 g/mol. The molecule has 2 N–H and O–H groups in total. The molecule has 0 bridgehead atoms.